The topological polar surface area (TPSA) is 66.9 Å². The summed E-state index contributed by atoms with van der Waals surface area (Å²) in [5.41, 5.74) is 5.44. The van der Waals surface area contributed by atoms with Crippen LogP contribution in [0.25, 0.3) is 22.2 Å². The molecule has 0 aliphatic heterocycles. The van der Waals surface area contributed by atoms with E-state index in [1.54, 1.807) is 6.07 Å². The molecule has 5 aromatic rings. The summed E-state index contributed by atoms with van der Waals surface area (Å²) in [6.07, 6.45) is 0. The van der Waals surface area contributed by atoms with Crippen LogP contribution in [0.3, 0.4) is 0 Å². The molecule has 0 radical (unpaired) electrons. The van der Waals surface area contributed by atoms with Crippen molar-refractivity contribution in [3.05, 3.63) is 114 Å². The molecule has 172 valence electrons. The average molecular weight is 463 g/mol. The molecular weight excluding hydrogens is 439 g/mol. The standard InChI is InChI=1S/C29H23FN4O/c1-18-9-8-10-19(2)26(18)33-28(35)22-16-15-21(17-24(22)30)31-29-32-25-14-7-6-13-23(25)27(34-29)20-11-4-3-5-12-20/h3-17H,1-2H3,(H,33,35)(H,31,32,34). The molecule has 0 atom stereocenters. The molecule has 0 bridgehead atoms. The van der Waals surface area contributed by atoms with E-state index in [1.165, 1.54) is 12.1 Å². The van der Waals surface area contributed by atoms with Crippen molar-refractivity contribution in [1.29, 1.82) is 0 Å². The molecule has 0 unspecified atom stereocenters. The SMILES string of the molecule is Cc1cccc(C)c1NC(=O)c1ccc(Nc2nc(-c3ccccc3)c3ccccc3n2)cc1F. The Morgan fingerprint density at radius 2 is 1.51 bits per heavy atom. The number of rotatable bonds is 5. The Morgan fingerprint density at radius 1 is 0.800 bits per heavy atom. The van der Waals surface area contributed by atoms with Crippen LogP contribution in [0.5, 0.6) is 0 Å². The fraction of sp³-hybridized carbons (Fsp3) is 0.0690. The quantitative estimate of drug-likeness (QED) is 0.294. The molecule has 0 saturated heterocycles. The molecule has 0 aliphatic carbocycles. The van der Waals surface area contributed by atoms with Crippen LogP contribution in [-0.4, -0.2) is 15.9 Å². The normalized spacial score (nSPS) is 10.8. The number of amides is 1. The smallest absolute Gasteiger partial charge is 0.258 e. The highest BCUT2D eigenvalue weighted by Crippen LogP contribution is 2.28. The van der Waals surface area contributed by atoms with Crippen LogP contribution in [0.2, 0.25) is 0 Å². The molecule has 1 amide bonds. The lowest BCUT2D eigenvalue weighted by atomic mass is 10.1. The Balaban J connectivity index is 1.44. The van der Waals surface area contributed by atoms with Gasteiger partial charge in [0.2, 0.25) is 5.95 Å². The lowest BCUT2D eigenvalue weighted by Gasteiger charge is -2.13. The molecular formula is C29H23FN4O. The maximum Gasteiger partial charge on any atom is 0.258 e. The molecule has 5 nitrogen and oxygen atoms in total. The molecule has 0 fully saturated rings. The predicted octanol–water partition coefficient (Wildman–Crippen LogP) is 7.05. The Hall–Kier alpha value is -4.58. The summed E-state index contributed by atoms with van der Waals surface area (Å²) in [5, 5.41) is 6.84. The number of nitrogens with one attached hydrogen (secondary N) is 2. The molecule has 35 heavy (non-hydrogen) atoms. The minimum Gasteiger partial charge on any atom is -0.324 e. The molecule has 0 aliphatic rings. The molecule has 0 saturated carbocycles. The Bertz CT molecular complexity index is 1530. The number of benzene rings is 4. The minimum atomic E-state index is -0.636. The lowest BCUT2D eigenvalue weighted by molar-refractivity contribution is 0.102. The van der Waals surface area contributed by atoms with Crippen molar-refractivity contribution in [1.82, 2.24) is 9.97 Å². The number of fused-ring (bicyclic) bond motifs is 1. The monoisotopic (exact) mass is 462 g/mol. The molecule has 6 heteroatoms. The van der Waals surface area contributed by atoms with Crippen molar-refractivity contribution in [2.75, 3.05) is 10.6 Å². The first kappa shape index (κ1) is 22.2. The third kappa shape index (κ3) is 4.59. The molecule has 0 spiro atoms. The van der Waals surface area contributed by atoms with Gasteiger partial charge in [0.05, 0.1) is 16.8 Å². The van der Waals surface area contributed by atoms with Gasteiger partial charge in [0.15, 0.2) is 0 Å². The van der Waals surface area contributed by atoms with Gasteiger partial charge in [-0.3, -0.25) is 4.79 Å². The largest absolute Gasteiger partial charge is 0.324 e. The highest BCUT2D eigenvalue weighted by Gasteiger charge is 2.16. The number of halogens is 1. The van der Waals surface area contributed by atoms with Crippen molar-refractivity contribution < 1.29 is 9.18 Å². The van der Waals surface area contributed by atoms with Gasteiger partial charge in [0.1, 0.15) is 5.82 Å². The molecule has 1 heterocycles. The second kappa shape index (κ2) is 9.35. The van der Waals surface area contributed by atoms with Crippen LogP contribution in [0, 0.1) is 19.7 Å². The predicted molar refractivity (Wildman–Crippen MR) is 139 cm³/mol. The van der Waals surface area contributed by atoms with E-state index in [0.29, 0.717) is 17.3 Å². The van der Waals surface area contributed by atoms with E-state index in [2.05, 4.69) is 15.6 Å². The van der Waals surface area contributed by atoms with Crippen LogP contribution in [0.15, 0.2) is 91.0 Å². The van der Waals surface area contributed by atoms with Gasteiger partial charge in [0.25, 0.3) is 5.91 Å². The maximum absolute atomic E-state index is 15.0. The lowest BCUT2D eigenvalue weighted by Crippen LogP contribution is -2.15. The van der Waals surface area contributed by atoms with Crippen LogP contribution < -0.4 is 10.6 Å². The van der Waals surface area contributed by atoms with E-state index in [1.807, 2.05) is 86.6 Å². The van der Waals surface area contributed by atoms with E-state index in [-0.39, 0.29) is 5.56 Å². The van der Waals surface area contributed by atoms with E-state index in [0.717, 1.165) is 33.3 Å². The molecule has 5 rings (SSSR count). The Kier molecular flexibility index (Phi) is 5.94. The summed E-state index contributed by atoms with van der Waals surface area (Å²) >= 11 is 0. The average Bonchev–Trinajstić information content (AvgIpc) is 2.86. The van der Waals surface area contributed by atoms with E-state index in [4.69, 9.17) is 4.98 Å². The summed E-state index contributed by atoms with van der Waals surface area (Å²) in [5.74, 6) is -0.794. The fourth-order valence-electron chi connectivity index (χ4n) is 4.05. The van der Waals surface area contributed by atoms with Gasteiger partial charge in [-0.1, -0.05) is 66.7 Å². The summed E-state index contributed by atoms with van der Waals surface area (Å²) in [6, 6.07) is 27.7. The Morgan fingerprint density at radius 3 is 2.26 bits per heavy atom. The Labute approximate surface area is 202 Å². The van der Waals surface area contributed by atoms with Crippen molar-refractivity contribution in [3.8, 4) is 11.3 Å². The summed E-state index contributed by atoms with van der Waals surface area (Å²) in [4.78, 5) is 22.1. The first-order chi connectivity index (χ1) is 17.0. The van der Waals surface area contributed by atoms with Crippen molar-refractivity contribution in [2.24, 2.45) is 0 Å². The number of anilines is 3. The second-order valence-corrected chi connectivity index (χ2v) is 8.32. The number of para-hydroxylation sites is 2. The summed E-state index contributed by atoms with van der Waals surface area (Å²) < 4.78 is 15.0. The number of hydrogen-bond donors (Lipinski definition) is 2. The van der Waals surface area contributed by atoms with E-state index >= 15 is 0 Å². The third-order valence-electron chi connectivity index (χ3n) is 5.84. The van der Waals surface area contributed by atoms with Crippen molar-refractivity contribution in [3.63, 3.8) is 0 Å². The van der Waals surface area contributed by atoms with Gasteiger partial charge < -0.3 is 10.6 Å². The second-order valence-electron chi connectivity index (χ2n) is 8.32. The van der Waals surface area contributed by atoms with Crippen LogP contribution >= 0.6 is 0 Å². The molecule has 2 N–H and O–H groups in total. The first-order valence-electron chi connectivity index (χ1n) is 11.3. The highest BCUT2D eigenvalue weighted by atomic mass is 19.1. The molecule has 4 aromatic carbocycles. The zero-order valence-electron chi connectivity index (χ0n) is 19.3. The maximum atomic E-state index is 15.0. The van der Waals surface area contributed by atoms with E-state index in [9.17, 15) is 9.18 Å². The van der Waals surface area contributed by atoms with Gasteiger partial charge in [-0.15, -0.1) is 0 Å². The number of nitrogens with zero attached hydrogens (tertiary/aromatic N) is 2. The number of carbonyl (C=O) groups is 1. The van der Waals surface area contributed by atoms with Crippen molar-refractivity contribution >= 4 is 34.1 Å². The third-order valence-corrected chi connectivity index (χ3v) is 5.84. The number of carbonyl (C=O) groups excluding carboxylic acids is 1. The first-order valence-corrected chi connectivity index (χ1v) is 11.3. The fourth-order valence-corrected chi connectivity index (χ4v) is 4.05. The number of aryl methyl sites for hydroxylation is 2. The van der Waals surface area contributed by atoms with Crippen LogP contribution in [0.1, 0.15) is 21.5 Å². The minimum absolute atomic E-state index is 0.0393. The number of aromatic nitrogens is 2. The zero-order valence-corrected chi connectivity index (χ0v) is 19.3. The van der Waals surface area contributed by atoms with Gasteiger partial charge in [-0.05, 0) is 49.2 Å². The van der Waals surface area contributed by atoms with Gasteiger partial charge in [-0.2, -0.15) is 0 Å². The van der Waals surface area contributed by atoms with Gasteiger partial charge in [0, 0.05) is 22.3 Å². The molecule has 1 aromatic heterocycles. The summed E-state index contributed by atoms with van der Waals surface area (Å²) in [6.45, 7) is 3.80. The summed E-state index contributed by atoms with van der Waals surface area (Å²) in [7, 11) is 0. The highest BCUT2D eigenvalue weighted by molar-refractivity contribution is 6.05. The van der Waals surface area contributed by atoms with Crippen molar-refractivity contribution in [2.45, 2.75) is 13.8 Å². The van der Waals surface area contributed by atoms with E-state index < -0.39 is 11.7 Å². The van der Waals surface area contributed by atoms with Crippen LogP contribution in [0.4, 0.5) is 21.7 Å². The number of hydrogen-bond acceptors (Lipinski definition) is 4. The zero-order chi connectivity index (χ0) is 24.4. The van der Waals surface area contributed by atoms with Crippen LogP contribution in [-0.2, 0) is 0 Å². The van der Waals surface area contributed by atoms with Gasteiger partial charge in [-0.25, -0.2) is 14.4 Å². The van der Waals surface area contributed by atoms with Gasteiger partial charge >= 0.3 is 0 Å².